The van der Waals surface area contributed by atoms with Gasteiger partial charge in [-0.3, -0.25) is 4.79 Å². The van der Waals surface area contributed by atoms with E-state index in [-0.39, 0.29) is 11.7 Å². The number of carbonyl (C=O) groups is 2. The minimum absolute atomic E-state index is 0.214. The van der Waals surface area contributed by atoms with Crippen LogP contribution < -0.4 is 5.32 Å². The van der Waals surface area contributed by atoms with Crippen molar-refractivity contribution in [2.75, 3.05) is 12.9 Å². The van der Waals surface area contributed by atoms with Crippen molar-refractivity contribution < 1.29 is 14.3 Å². The lowest BCUT2D eigenvalue weighted by molar-refractivity contribution is -0.144. The summed E-state index contributed by atoms with van der Waals surface area (Å²) in [6, 6.07) is 8.83. The molecule has 1 aromatic heterocycles. The van der Waals surface area contributed by atoms with Crippen molar-refractivity contribution in [3.05, 3.63) is 47.0 Å². The minimum atomic E-state index is -0.687. The van der Waals surface area contributed by atoms with Gasteiger partial charge >= 0.3 is 5.97 Å². The largest absolute Gasteiger partial charge is 0.467 e. The first-order valence-corrected chi connectivity index (χ1v) is 8.91. The normalized spacial score (nSPS) is 11.7. The maximum Gasteiger partial charge on any atom is 0.328 e. The summed E-state index contributed by atoms with van der Waals surface area (Å²) in [5.74, 6) is -0.443. The Morgan fingerprint density at radius 1 is 1.35 bits per heavy atom. The summed E-state index contributed by atoms with van der Waals surface area (Å²) in [6.07, 6.45) is 0.403. The molecule has 2 rings (SSSR count). The first-order chi connectivity index (χ1) is 11.1. The maximum atomic E-state index is 12.1. The highest BCUT2D eigenvalue weighted by atomic mass is 32.2. The van der Waals surface area contributed by atoms with Crippen LogP contribution >= 0.6 is 23.1 Å². The van der Waals surface area contributed by atoms with Crippen LogP contribution in [0.4, 0.5) is 0 Å². The molecular weight excluding hydrogens is 332 g/mol. The Balaban J connectivity index is 1.91. The number of methoxy groups -OCH3 is 1. The minimum Gasteiger partial charge on any atom is -0.467 e. The third-order valence-corrected chi connectivity index (χ3v) is 5.17. The fourth-order valence-corrected chi connectivity index (χ4v) is 3.61. The smallest absolute Gasteiger partial charge is 0.328 e. The monoisotopic (exact) mass is 350 g/mol. The van der Waals surface area contributed by atoms with E-state index in [1.807, 2.05) is 42.6 Å². The van der Waals surface area contributed by atoms with Gasteiger partial charge in [0.2, 0.25) is 5.91 Å². The molecule has 1 heterocycles. The van der Waals surface area contributed by atoms with Gasteiger partial charge in [0, 0.05) is 17.5 Å². The molecule has 2 aromatic rings. The standard InChI is InChI=1S/C16H18N2O3S2/c1-11-9-22-16(17-11)23-10-14(19)18-13(15(20)21-2)8-12-6-4-3-5-7-12/h3-7,9,13H,8,10H2,1-2H3,(H,18,19). The number of esters is 1. The molecule has 0 saturated carbocycles. The van der Waals surface area contributed by atoms with E-state index in [2.05, 4.69) is 10.3 Å². The number of thioether (sulfide) groups is 1. The number of hydrogen-bond donors (Lipinski definition) is 1. The molecule has 0 aliphatic carbocycles. The average Bonchev–Trinajstić information content (AvgIpc) is 2.98. The highest BCUT2D eigenvalue weighted by Crippen LogP contribution is 2.21. The summed E-state index contributed by atoms with van der Waals surface area (Å²) in [4.78, 5) is 28.2. The van der Waals surface area contributed by atoms with E-state index < -0.39 is 12.0 Å². The average molecular weight is 350 g/mol. The predicted octanol–water partition coefficient (Wildman–Crippen LogP) is 2.44. The Hall–Kier alpha value is -1.86. The fourth-order valence-electron chi connectivity index (χ4n) is 1.95. The molecule has 0 radical (unpaired) electrons. The number of aryl methyl sites for hydroxylation is 1. The van der Waals surface area contributed by atoms with Gasteiger partial charge in [-0.05, 0) is 12.5 Å². The molecule has 1 atom stereocenters. The van der Waals surface area contributed by atoms with Gasteiger partial charge in [-0.1, -0.05) is 42.1 Å². The molecule has 5 nitrogen and oxygen atoms in total. The summed E-state index contributed by atoms with van der Waals surface area (Å²) in [6.45, 7) is 1.91. The van der Waals surface area contributed by atoms with Crippen molar-refractivity contribution >= 4 is 35.0 Å². The van der Waals surface area contributed by atoms with Gasteiger partial charge in [0.25, 0.3) is 0 Å². The van der Waals surface area contributed by atoms with Gasteiger partial charge in [0.15, 0.2) is 4.34 Å². The Labute approximate surface area is 143 Å². The zero-order valence-corrected chi connectivity index (χ0v) is 14.6. The molecule has 0 saturated heterocycles. The quantitative estimate of drug-likeness (QED) is 0.614. The van der Waals surface area contributed by atoms with Crippen LogP contribution in [0.2, 0.25) is 0 Å². The van der Waals surface area contributed by atoms with E-state index in [0.717, 1.165) is 15.6 Å². The molecule has 122 valence electrons. The lowest BCUT2D eigenvalue weighted by atomic mass is 10.1. The van der Waals surface area contributed by atoms with Gasteiger partial charge in [0.1, 0.15) is 6.04 Å². The van der Waals surface area contributed by atoms with Crippen LogP contribution in [0.1, 0.15) is 11.3 Å². The number of aromatic nitrogens is 1. The summed E-state index contributed by atoms with van der Waals surface area (Å²) in [5.41, 5.74) is 1.90. The zero-order valence-electron chi connectivity index (χ0n) is 12.9. The molecule has 1 aromatic carbocycles. The molecule has 0 bridgehead atoms. The zero-order chi connectivity index (χ0) is 16.7. The van der Waals surface area contributed by atoms with Crippen LogP contribution in [0.25, 0.3) is 0 Å². The second kappa shape index (κ2) is 8.69. The molecule has 0 aliphatic rings. The summed E-state index contributed by atoms with van der Waals surface area (Å²) in [7, 11) is 1.32. The molecule has 0 aliphatic heterocycles. The summed E-state index contributed by atoms with van der Waals surface area (Å²) >= 11 is 2.86. The maximum absolute atomic E-state index is 12.1. The lowest BCUT2D eigenvalue weighted by Crippen LogP contribution is -2.43. The van der Waals surface area contributed by atoms with E-state index in [4.69, 9.17) is 4.74 Å². The highest BCUT2D eigenvalue weighted by molar-refractivity contribution is 8.01. The predicted molar refractivity (Wildman–Crippen MR) is 91.7 cm³/mol. The van der Waals surface area contributed by atoms with Crippen LogP contribution in [0.5, 0.6) is 0 Å². The molecule has 1 N–H and O–H groups in total. The highest BCUT2D eigenvalue weighted by Gasteiger charge is 2.22. The number of hydrogen-bond acceptors (Lipinski definition) is 6. The number of rotatable bonds is 7. The van der Waals surface area contributed by atoms with Crippen molar-refractivity contribution in [1.29, 1.82) is 0 Å². The number of carbonyl (C=O) groups excluding carboxylic acids is 2. The third kappa shape index (κ3) is 5.69. The van der Waals surface area contributed by atoms with Crippen molar-refractivity contribution in [2.45, 2.75) is 23.7 Å². The van der Waals surface area contributed by atoms with E-state index >= 15 is 0 Å². The van der Waals surface area contributed by atoms with Gasteiger partial charge in [-0.15, -0.1) is 11.3 Å². The van der Waals surface area contributed by atoms with Crippen molar-refractivity contribution in [2.24, 2.45) is 0 Å². The van der Waals surface area contributed by atoms with Crippen LogP contribution in [0, 0.1) is 6.92 Å². The Kier molecular flexibility index (Phi) is 6.61. The molecule has 7 heteroatoms. The van der Waals surface area contributed by atoms with Gasteiger partial charge in [0.05, 0.1) is 12.9 Å². The van der Waals surface area contributed by atoms with E-state index in [9.17, 15) is 9.59 Å². The first kappa shape index (κ1) is 17.5. The van der Waals surface area contributed by atoms with E-state index in [1.165, 1.54) is 30.2 Å². The van der Waals surface area contributed by atoms with Crippen molar-refractivity contribution in [3.8, 4) is 0 Å². The molecule has 1 unspecified atom stereocenters. The van der Waals surface area contributed by atoms with Crippen LogP contribution in [0.15, 0.2) is 40.1 Å². The number of benzene rings is 1. The Morgan fingerprint density at radius 3 is 2.70 bits per heavy atom. The molecule has 0 spiro atoms. The Bertz CT molecular complexity index is 658. The number of amides is 1. The molecule has 0 fully saturated rings. The molecule has 1 amide bonds. The second-order valence-electron chi connectivity index (χ2n) is 4.88. The number of nitrogens with one attached hydrogen (secondary N) is 1. The third-order valence-electron chi connectivity index (χ3n) is 3.03. The van der Waals surface area contributed by atoms with Crippen LogP contribution in [-0.4, -0.2) is 35.8 Å². The molecule has 23 heavy (non-hydrogen) atoms. The lowest BCUT2D eigenvalue weighted by Gasteiger charge is -2.16. The summed E-state index contributed by atoms with van der Waals surface area (Å²) in [5, 5.41) is 4.67. The molecular formula is C16H18N2O3S2. The first-order valence-electron chi connectivity index (χ1n) is 7.04. The SMILES string of the molecule is COC(=O)C(Cc1ccccc1)NC(=O)CSc1nc(C)cs1. The number of nitrogens with zero attached hydrogens (tertiary/aromatic N) is 1. The van der Waals surface area contributed by atoms with Crippen LogP contribution in [-0.2, 0) is 20.7 Å². The fraction of sp³-hybridized carbons (Fsp3) is 0.312. The topological polar surface area (TPSA) is 68.3 Å². The Morgan fingerprint density at radius 2 is 2.09 bits per heavy atom. The van der Waals surface area contributed by atoms with Gasteiger partial charge in [-0.2, -0.15) is 0 Å². The number of thiazole rings is 1. The van der Waals surface area contributed by atoms with Gasteiger partial charge < -0.3 is 10.1 Å². The number of ether oxygens (including phenoxy) is 1. The van der Waals surface area contributed by atoms with Crippen molar-refractivity contribution in [3.63, 3.8) is 0 Å². The van der Waals surface area contributed by atoms with E-state index in [1.54, 1.807) is 0 Å². The summed E-state index contributed by atoms with van der Waals surface area (Å²) < 4.78 is 5.62. The van der Waals surface area contributed by atoms with Gasteiger partial charge in [-0.25, -0.2) is 9.78 Å². The second-order valence-corrected chi connectivity index (χ2v) is 6.96. The van der Waals surface area contributed by atoms with E-state index in [0.29, 0.717) is 6.42 Å². The van der Waals surface area contributed by atoms with Crippen LogP contribution in [0.3, 0.4) is 0 Å². The van der Waals surface area contributed by atoms with Crippen molar-refractivity contribution in [1.82, 2.24) is 10.3 Å².